The topological polar surface area (TPSA) is 206 Å². The third-order valence-electron chi connectivity index (χ3n) is 4.57. The molecule has 16 heteroatoms. The minimum Gasteiger partial charge on any atom is -0.479 e. The van der Waals surface area contributed by atoms with Gasteiger partial charge in [0.15, 0.2) is 10.8 Å². The molecule has 2 aliphatic heterocycles. The first-order chi connectivity index (χ1) is 15.2. The summed E-state index contributed by atoms with van der Waals surface area (Å²) in [5.41, 5.74) is 2.92. The highest BCUT2D eigenvalue weighted by molar-refractivity contribution is 8.00. The van der Waals surface area contributed by atoms with Crippen molar-refractivity contribution in [3.05, 3.63) is 22.8 Å². The Morgan fingerprint density at radius 2 is 2.19 bits per heavy atom. The lowest BCUT2D eigenvalue weighted by molar-refractivity contribution is -0.169. The molecule has 1 aromatic heterocycles. The van der Waals surface area contributed by atoms with E-state index in [2.05, 4.69) is 20.8 Å². The van der Waals surface area contributed by atoms with Gasteiger partial charge in [-0.25, -0.2) is 14.6 Å². The van der Waals surface area contributed by atoms with Crippen LogP contribution in [-0.2, 0) is 23.9 Å². The number of fused-ring (bicyclic) bond motifs is 1. The van der Waals surface area contributed by atoms with Gasteiger partial charge < -0.3 is 41.1 Å². The zero-order valence-electron chi connectivity index (χ0n) is 16.6. The van der Waals surface area contributed by atoms with E-state index in [1.54, 1.807) is 0 Å². The van der Waals surface area contributed by atoms with Crippen LogP contribution < -0.4 is 16.4 Å². The third kappa shape index (κ3) is 3.82. The van der Waals surface area contributed by atoms with Gasteiger partial charge in [-0.1, -0.05) is 5.16 Å². The number of thioether (sulfide) groups is 1. The van der Waals surface area contributed by atoms with E-state index in [1.807, 2.05) is 0 Å². The Bertz CT molecular complexity index is 1030. The van der Waals surface area contributed by atoms with E-state index in [0.29, 0.717) is 5.57 Å². The van der Waals surface area contributed by atoms with Crippen LogP contribution in [0.1, 0.15) is 5.69 Å². The molecule has 0 bridgehead atoms. The minimum absolute atomic E-state index is 0.0792. The smallest absolute Gasteiger partial charge is 0.409 e. The standard InChI is InChI=1S/C16H18N6O8S2/c1-18-15(27)30-10(29-2)6-3-22-11(24)16(13(25)26,12(22)31-4-6)20-9(23)8(21-28)7-5-32-14(17)19-7/h3,5,10,12,28H,4H2,1-2H3,(H2,17,19)(H,18,27)(H,20,23)(H,25,26)/b21-8-/t10?,12-,16?/m0/s1. The lowest BCUT2D eigenvalue weighted by Gasteiger charge is -2.53. The quantitative estimate of drug-likeness (QED) is 0.0786. The molecule has 3 heterocycles. The molecule has 2 aliphatic rings. The molecule has 1 fully saturated rings. The number of amides is 3. The number of carbonyl (C=O) groups is 4. The number of thiazole rings is 1. The van der Waals surface area contributed by atoms with Gasteiger partial charge in [0, 0.05) is 37.1 Å². The molecule has 0 aromatic carbocycles. The lowest BCUT2D eigenvalue weighted by atomic mass is 9.87. The van der Waals surface area contributed by atoms with Gasteiger partial charge >= 0.3 is 12.1 Å². The van der Waals surface area contributed by atoms with Crippen molar-refractivity contribution >= 4 is 57.8 Å². The molecular weight excluding hydrogens is 468 g/mol. The molecule has 0 aliphatic carbocycles. The summed E-state index contributed by atoms with van der Waals surface area (Å²) in [5.74, 6) is -3.53. The second-order valence-electron chi connectivity index (χ2n) is 6.39. The van der Waals surface area contributed by atoms with Crippen LogP contribution in [0.15, 0.2) is 22.3 Å². The van der Waals surface area contributed by atoms with Crippen molar-refractivity contribution in [2.75, 3.05) is 25.6 Å². The fourth-order valence-electron chi connectivity index (χ4n) is 3.05. The monoisotopic (exact) mass is 486 g/mol. The Morgan fingerprint density at radius 3 is 2.72 bits per heavy atom. The number of hydrogen-bond donors (Lipinski definition) is 5. The fourth-order valence-corrected chi connectivity index (χ4v) is 4.99. The van der Waals surface area contributed by atoms with Gasteiger partial charge in [-0.2, -0.15) is 0 Å². The number of nitrogens with one attached hydrogen (secondary N) is 2. The Hall–Kier alpha value is -3.37. The highest BCUT2D eigenvalue weighted by Crippen LogP contribution is 2.44. The van der Waals surface area contributed by atoms with Crippen molar-refractivity contribution in [2.45, 2.75) is 17.2 Å². The van der Waals surface area contributed by atoms with Crippen LogP contribution in [0.3, 0.4) is 0 Å². The third-order valence-corrected chi connectivity index (χ3v) is 6.64. The number of oxime groups is 1. The lowest BCUT2D eigenvalue weighted by Crippen LogP contribution is -2.82. The molecule has 3 amide bonds. The molecule has 0 radical (unpaired) electrons. The Balaban J connectivity index is 1.84. The molecule has 172 valence electrons. The van der Waals surface area contributed by atoms with Crippen LogP contribution in [-0.4, -0.2) is 86.9 Å². The van der Waals surface area contributed by atoms with Gasteiger partial charge in [-0.15, -0.1) is 23.1 Å². The Labute approximate surface area is 188 Å². The number of carbonyl (C=O) groups excluding carboxylic acids is 3. The van der Waals surface area contributed by atoms with Crippen LogP contribution in [0.25, 0.3) is 0 Å². The SMILES string of the molecule is CNC(=O)OC(OC)C1=CN2C(=O)C(NC(=O)/C(=N\O)c3csc(N)n3)(C(=O)O)[C@@H]2SC1. The maximum absolute atomic E-state index is 12.9. The summed E-state index contributed by atoms with van der Waals surface area (Å²) in [7, 11) is 2.66. The summed E-state index contributed by atoms with van der Waals surface area (Å²) in [6.07, 6.45) is -0.546. The van der Waals surface area contributed by atoms with E-state index >= 15 is 0 Å². The number of nitrogen functional groups attached to an aromatic ring is 1. The number of nitrogens with two attached hydrogens (primary N) is 1. The number of carboxylic acid groups (broad SMARTS) is 1. The molecule has 6 N–H and O–H groups in total. The van der Waals surface area contributed by atoms with Gasteiger partial charge in [0.25, 0.3) is 11.8 Å². The number of aliphatic carboxylic acids is 1. The summed E-state index contributed by atoms with van der Waals surface area (Å²) in [4.78, 5) is 54.0. The zero-order chi connectivity index (χ0) is 23.6. The Kier molecular flexibility index (Phi) is 6.56. The number of ether oxygens (including phenoxy) is 2. The predicted octanol–water partition coefficient (Wildman–Crippen LogP) is -1.03. The first-order valence-corrected chi connectivity index (χ1v) is 10.7. The van der Waals surface area contributed by atoms with Gasteiger partial charge in [0.05, 0.1) is 0 Å². The normalized spacial score (nSPS) is 23.4. The van der Waals surface area contributed by atoms with E-state index in [4.69, 9.17) is 15.2 Å². The van der Waals surface area contributed by atoms with E-state index in [0.717, 1.165) is 28.0 Å². The van der Waals surface area contributed by atoms with E-state index in [1.165, 1.54) is 25.7 Å². The first kappa shape index (κ1) is 23.3. The largest absolute Gasteiger partial charge is 0.479 e. The number of alkyl carbamates (subject to hydrolysis) is 1. The summed E-state index contributed by atoms with van der Waals surface area (Å²) in [6.45, 7) is 0. The number of anilines is 1. The van der Waals surface area contributed by atoms with Crippen LogP contribution >= 0.6 is 23.1 Å². The van der Waals surface area contributed by atoms with Gasteiger partial charge in [0.2, 0.25) is 11.8 Å². The first-order valence-electron chi connectivity index (χ1n) is 8.75. The highest BCUT2D eigenvalue weighted by Gasteiger charge is 2.68. The number of β-lactam (4-membered cyclic amide) rings is 1. The van der Waals surface area contributed by atoms with Crippen molar-refractivity contribution in [3.63, 3.8) is 0 Å². The minimum atomic E-state index is -2.31. The Morgan fingerprint density at radius 1 is 1.47 bits per heavy atom. The second kappa shape index (κ2) is 9.01. The van der Waals surface area contributed by atoms with Gasteiger partial charge in [-0.05, 0) is 0 Å². The van der Waals surface area contributed by atoms with Crippen molar-refractivity contribution in [1.82, 2.24) is 20.5 Å². The molecule has 0 saturated carbocycles. The molecule has 14 nitrogen and oxygen atoms in total. The summed E-state index contributed by atoms with van der Waals surface area (Å²) >= 11 is 1.99. The fraction of sp³-hybridized carbons (Fsp3) is 0.375. The van der Waals surface area contributed by atoms with Crippen LogP contribution in [0.2, 0.25) is 0 Å². The van der Waals surface area contributed by atoms with E-state index in [9.17, 15) is 29.5 Å². The van der Waals surface area contributed by atoms with Crippen molar-refractivity contribution in [3.8, 4) is 0 Å². The van der Waals surface area contributed by atoms with Gasteiger partial charge in [0.1, 0.15) is 11.1 Å². The average Bonchev–Trinajstić information content (AvgIpc) is 3.20. The van der Waals surface area contributed by atoms with Crippen LogP contribution in [0.5, 0.6) is 0 Å². The molecule has 1 saturated heterocycles. The summed E-state index contributed by atoms with van der Waals surface area (Å²) in [6, 6.07) is 0. The van der Waals surface area contributed by atoms with E-state index in [-0.39, 0.29) is 16.6 Å². The van der Waals surface area contributed by atoms with Crippen molar-refractivity contribution in [1.29, 1.82) is 0 Å². The zero-order valence-corrected chi connectivity index (χ0v) is 18.2. The number of nitrogens with zero attached hydrogens (tertiary/aromatic N) is 3. The molecule has 3 atom stereocenters. The van der Waals surface area contributed by atoms with Crippen molar-refractivity contribution < 1.29 is 39.0 Å². The summed E-state index contributed by atoms with van der Waals surface area (Å²) < 4.78 is 10.2. The van der Waals surface area contributed by atoms with Crippen LogP contribution in [0.4, 0.5) is 9.93 Å². The molecule has 1 aromatic rings. The van der Waals surface area contributed by atoms with E-state index < -0.39 is 46.8 Å². The number of methoxy groups -OCH3 is 1. The molecule has 3 rings (SSSR count). The molecular formula is C16H18N6O8S2. The maximum atomic E-state index is 12.9. The average molecular weight is 486 g/mol. The number of aromatic nitrogens is 1. The highest BCUT2D eigenvalue weighted by atomic mass is 32.2. The molecule has 32 heavy (non-hydrogen) atoms. The molecule has 2 unspecified atom stereocenters. The number of rotatable bonds is 7. The number of carboxylic acids is 1. The summed E-state index contributed by atoms with van der Waals surface area (Å²) in [5, 5.41) is 26.8. The number of hydrogen-bond acceptors (Lipinski definition) is 12. The van der Waals surface area contributed by atoms with Crippen LogP contribution in [0, 0.1) is 0 Å². The van der Waals surface area contributed by atoms with Crippen molar-refractivity contribution in [2.24, 2.45) is 5.16 Å². The van der Waals surface area contributed by atoms with Gasteiger partial charge in [-0.3, -0.25) is 9.59 Å². The predicted molar refractivity (Wildman–Crippen MR) is 111 cm³/mol. The maximum Gasteiger partial charge on any atom is 0.409 e. The molecule has 0 spiro atoms. The second-order valence-corrected chi connectivity index (χ2v) is 8.35.